The largest absolute Gasteiger partial charge is 0.497 e. The quantitative estimate of drug-likeness (QED) is 0.812. The van der Waals surface area contributed by atoms with Crippen molar-refractivity contribution in [1.29, 1.82) is 0 Å². The van der Waals surface area contributed by atoms with Gasteiger partial charge in [-0.15, -0.1) is 11.8 Å². The molecule has 122 valence electrons. The van der Waals surface area contributed by atoms with Gasteiger partial charge in [-0.2, -0.15) is 0 Å². The first-order valence-corrected chi connectivity index (χ1v) is 7.99. The third-order valence-electron chi connectivity index (χ3n) is 3.24. The molecule has 0 radical (unpaired) electrons. The molecule has 0 fully saturated rings. The van der Waals surface area contributed by atoms with Crippen LogP contribution in [0.25, 0.3) is 0 Å². The van der Waals surface area contributed by atoms with Gasteiger partial charge in [-0.1, -0.05) is 6.07 Å². The molecule has 0 saturated heterocycles. The van der Waals surface area contributed by atoms with Crippen molar-refractivity contribution in [3.05, 3.63) is 59.7 Å². The first-order chi connectivity index (χ1) is 11.0. The van der Waals surface area contributed by atoms with Crippen LogP contribution >= 0.6 is 11.8 Å². The molecule has 2 aromatic carbocycles. The average molecular weight is 337 g/mol. The molecule has 0 bridgehead atoms. The number of methoxy groups -OCH3 is 1. The molecule has 3 nitrogen and oxygen atoms in total. The van der Waals surface area contributed by atoms with Crippen LogP contribution in [0.2, 0.25) is 0 Å². The smallest absolute Gasteiger partial charge is 0.230 e. The molecule has 1 atom stereocenters. The number of nitrogens with one attached hydrogen (secondary N) is 1. The van der Waals surface area contributed by atoms with Gasteiger partial charge < -0.3 is 10.1 Å². The van der Waals surface area contributed by atoms with Crippen molar-refractivity contribution in [1.82, 2.24) is 5.32 Å². The van der Waals surface area contributed by atoms with Crippen molar-refractivity contribution in [3.8, 4) is 5.75 Å². The molecule has 1 N–H and O–H groups in total. The molecule has 0 unspecified atom stereocenters. The molecule has 0 aliphatic heterocycles. The van der Waals surface area contributed by atoms with Crippen LogP contribution in [0.1, 0.15) is 18.5 Å². The van der Waals surface area contributed by atoms with Gasteiger partial charge in [-0.25, -0.2) is 8.78 Å². The van der Waals surface area contributed by atoms with Gasteiger partial charge in [0.25, 0.3) is 0 Å². The lowest BCUT2D eigenvalue weighted by Crippen LogP contribution is -2.28. The lowest BCUT2D eigenvalue weighted by atomic mass is 10.1. The van der Waals surface area contributed by atoms with E-state index in [0.29, 0.717) is 0 Å². The molecule has 23 heavy (non-hydrogen) atoms. The Bertz CT molecular complexity index is 677. The third kappa shape index (κ3) is 4.96. The summed E-state index contributed by atoms with van der Waals surface area (Å²) in [4.78, 5) is 12.9. The van der Waals surface area contributed by atoms with Crippen molar-refractivity contribution in [3.63, 3.8) is 0 Å². The van der Waals surface area contributed by atoms with Crippen molar-refractivity contribution >= 4 is 17.7 Å². The minimum absolute atomic E-state index is 0.208. The zero-order chi connectivity index (χ0) is 16.8. The van der Waals surface area contributed by atoms with Crippen LogP contribution in [0, 0.1) is 11.6 Å². The number of carbonyl (C=O) groups is 1. The number of carbonyl (C=O) groups excluding carboxylic acids is 1. The van der Waals surface area contributed by atoms with E-state index in [1.54, 1.807) is 14.0 Å². The summed E-state index contributed by atoms with van der Waals surface area (Å²) >= 11 is 1.37. The second-order valence-electron chi connectivity index (χ2n) is 4.92. The lowest BCUT2D eigenvalue weighted by molar-refractivity contribution is -0.119. The van der Waals surface area contributed by atoms with E-state index in [1.807, 2.05) is 24.3 Å². The van der Waals surface area contributed by atoms with Crippen LogP contribution in [0.4, 0.5) is 8.78 Å². The molecule has 0 aromatic heterocycles. The van der Waals surface area contributed by atoms with E-state index >= 15 is 0 Å². The number of thioether (sulfide) groups is 1. The van der Waals surface area contributed by atoms with E-state index in [-0.39, 0.29) is 17.2 Å². The van der Waals surface area contributed by atoms with Crippen LogP contribution in [0.15, 0.2) is 47.4 Å². The maximum absolute atomic E-state index is 13.7. The Kier molecular flexibility index (Phi) is 5.98. The van der Waals surface area contributed by atoms with Crippen LogP contribution in [0.5, 0.6) is 5.75 Å². The monoisotopic (exact) mass is 337 g/mol. The summed E-state index contributed by atoms with van der Waals surface area (Å²) in [6.45, 7) is 1.66. The second kappa shape index (κ2) is 7.97. The Balaban J connectivity index is 1.88. The van der Waals surface area contributed by atoms with Gasteiger partial charge in [0.05, 0.1) is 18.9 Å². The minimum atomic E-state index is -0.666. The fourth-order valence-electron chi connectivity index (χ4n) is 2.03. The van der Waals surface area contributed by atoms with Crippen molar-refractivity contribution < 1.29 is 18.3 Å². The van der Waals surface area contributed by atoms with E-state index in [2.05, 4.69) is 5.32 Å². The Morgan fingerprint density at radius 3 is 2.52 bits per heavy atom. The Morgan fingerprint density at radius 2 is 1.91 bits per heavy atom. The molecule has 0 saturated carbocycles. The van der Waals surface area contributed by atoms with Crippen LogP contribution in [-0.2, 0) is 4.79 Å². The minimum Gasteiger partial charge on any atom is -0.497 e. The molecule has 0 heterocycles. The maximum Gasteiger partial charge on any atom is 0.230 e. The van der Waals surface area contributed by atoms with Gasteiger partial charge in [-0.05, 0) is 37.3 Å². The number of amides is 1. The highest BCUT2D eigenvalue weighted by Crippen LogP contribution is 2.22. The second-order valence-corrected chi connectivity index (χ2v) is 5.97. The van der Waals surface area contributed by atoms with Crippen molar-refractivity contribution in [2.45, 2.75) is 17.9 Å². The summed E-state index contributed by atoms with van der Waals surface area (Å²) in [6, 6.07) is 10.1. The average Bonchev–Trinajstić information content (AvgIpc) is 2.53. The predicted octanol–water partition coefficient (Wildman–Crippen LogP) is 3.94. The van der Waals surface area contributed by atoms with E-state index in [0.717, 1.165) is 16.7 Å². The summed E-state index contributed by atoms with van der Waals surface area (Å²) in [5, 5.41) is 2.70. The number of hydrogen-bond acceptors (Lipinski definition) is 3. The SMILES string of the molecule is COc1ccc(SCC(=O)N[C@@H](C)c2ccc(F)cc2F)cc1. The molecular formula is C17H17F2NO2S. The van der Waals surface area contributed by atoms with Gasteiger partial charge in [0, 0.05) is 16.5 Å². The van der Waals surface area contributed by atoms with Gasteiger partial charge in [-0.3, -0.25) is 4.79 Å². The van der Waals surface area contributed by atoms with Crippen molar-refractivity contribution in [2.24, 2.45) is 0 Å². The molecule has 2 aromatic rings. The summed E-state index contributed by atoms with van der Waals surface area (Å²) in [5.41, 5.74) is 0.259. The topological polar surface area (TPSA) is 38.3 Å². The molecule has 6 heteroatoms. The summed E-state index contributed by atoms with van der Waals surface area (Å²) in [5.74, 6) is -0.568. The molecule has 0 aliphatic rings. The van der Waals surface area contributed by atoms with Gasteiger partial charge in [0.1, 0.15) is 17.4 Å². The first kappa shape index (κ1) is 17.3. The Labute approximate surface area is 138 Å². The first-order valence-electron chi connectivity index (χ1n) is 7.00. The summed E-state index contributed by atoms with van der Waals surface area (Å²) in [7, 11) is 1.59. The van der Waals surface area contributed by atoms with Crippen LogP contribution in [0.3, 0.4) is 0 Å². The number of rotatable bonds is 6. The van der Waals surface area contributed by atoms with Crippen molar-refractivity contribution in [2.75, 3.05) is 12.9 Å². The molecule has 2 rings (SSSR count). The summed E-state index contributed by atoms with van der Waals surface area (Å²) in [6.07, 6.45) is 0. The molecule has 0 aliphatic carbocycles. The van der Waals surface area contributed by atoms with Crippen LogP contribution < -0.4 is 10.1 Å². The molecular weight excluding hydrogens is 320 g/mol. The highest BCUT2D eigenvalue weighted by Gasteiger charge is 2.14. The zero-order valence-corrected chi connectivity index (χ0v) is 13.6. The van der Waals surface area contributed by atoms with Gasteiger partial charge in [0.15, 0.2) is 0 Å². The lowest BCUT2D eigenvalue weighted by Gasteiger charge is -2.15. The summed E-state index contributed by atoms with van der Waals surface area (Å²) < 4.78 is 31.6. The molecule has 0 spiro atoms. The number of ether oxygens (including phenoxy) is 1. The van der Waals surface area contributed by atoms with Crippen LogP contribution in [-0.4, -0.2) is 18.8 Å². The normalized spacial score (nSPS) is 11.8. The molecule has 1 amide bonds. The van der Waals surface area contributed by atoms with E-state index in [4.69, 9.17) is 4.74 Å². The Hall–Kier alpha value is -2.08. The zero-order valence-electron chi connectivity index (χ0n) is 12.8. The third-order valence-corrected chi connectivity index (χ3v) is 4.25. The number of halogens is 2. The van der Waals surface area contributed by atoms with Gasteiger partial charge >= 0.3 is 0 Å². The van der Waals surface area contributed by atoms with E-state index in [9.17, 15) is 13.6 Å². The van der Waals surface area contributed by atoms with E-state index in [1.165, 1.54) is 23.9 Å². The van der Waals surface area contributed by atoms with Gasteiger partial charge in [0.2, 0.25) is 5.91 Å². The Morgan fingerprint density at radius 1 is 1.22 bits per heavy atom. The standard InChI is InChI=1S/C17H17F2NO2S/c1-11(15-8-3-12(18)9-16(15)19)20-17(21)10-23-14-6-4-13(22-2)5-7-14/h3-9,11H,10H2,1-2H3,(H,20,21)/t11-/m0/s1. The highest BCUT2D eigenvalue weighted by atomic mass is 32.2. The fourth-order valence-corrected chi connectivity index (χ4v) is 2.74. The highest BCUT2D eigenvalue weighted by molar-refractivity contribution is 8.00. The maximum atomic E-state index is 13.7. The number of hydrogen-bond donors (Lipinski definition) is 1. The van der Waals surface area contributed by atoms with E-state index < -0.39 is 17.7 Å². The fraction of sp³-hybridized carbons (Fsp3) is 0.235. The number of benzene rings is 2. The predicted molar refractivity (Wildman–Crippen MR) is 86.6 cm³/mol.